The Morgan fingerprint density at radius 1 is 0.500 bits per heavy atom. The summed E-state index contributed by atoms with van der Waals surface area (Å²) in [5, 5.41) is 14.1. The number of hydrogen-bond donors (Lipinski definition) is 3. The van der Waals surface area contributed by atoms with E-state index in [0.717, 1.165) is 21.5 Å². The van der Waals surface area contributed by atoms with Crippen molar-refractivity contribution in [1.29, 1.82) is 0 Å². The van der Waals surface area contributed by atoms with E-state index in [2.05, 4.69) is 10.6 Å². The Labute approximate surface area is 591 Å². The summed E-state index contributed by atoms with van der Waals surface area (Å²) in [4.78, 5) is 82.8. The monoisotopic (exact) mass is 1490 g/mol. The Morgan fingerprint density at radius 3 is 1.12 bits per heavy atom. The molecule has 104 heavy (non-hydrogen) atoms. The van der Waals surface area contributed by atoms with Crippen LogP contribution in [0.2, 0.25) is 0 Å². The zero-order chi connectivity index (χ0) is 78.9. The standard InChI is InChI=1S/C38H45F8N3O4.C36H41F8N3O4/c1-9-48(8)14-13-24-19-49(30(50)17-26(24)37(41,42)43)29(15-20(3)4)36(52)47-28(18-31(51)53-10-2)33-34(39)25(16-27(35(33)40)38(44,45)46)32-22(6)12-11-21(5)23(32)7;1-8-46(7)12-11-22-17-47(28(48)15-24(22)35(39,40)41)27(13-18(2)3)34(51)45-26(16-29(49)50)31-32(37)23(14-25(33(31)38)36(42,43)44)30-20(5)10-9-19(4)21(30)6/h11-12,16-17,19-20,28-29H,9-10,13-15,18H2,1-8H3,(H,47,52);9-10,14-15,17-18,26-27H,8,11-13,16H2,1-7H3,(H,45,51)(H,49,50)/t28-,29?;26-,27?/m00/s1. The molecule has 2 unspecified atom stereocenters. The topological polar surface area (TPSA) is 172 Å². The highest BCUT2D eigenvalue weighted by Gasteiger charge is 2.44. The van der Waals surface area contributed by atoms with Crippen molar-refractivity contribution < 1.29 is 99.3 Å². The van der Waals surface area contributed by atoms with Crippen molar-refractivity contribution in [3.63, 3.8) is 0 Å². The minimum Gasteiger partial charge on any atom is -0.481 e. The number of alkyl halides is 12. The number of carboxylic acid groups (broad SMARTS) is 1. The molecule has 6 rings (SSSR count). The van der Waals surface area contributed by atoms with Gasteiger partial charge in [0.15, 0.2) is 0 Å². The second-order valence-electron chi connectivity index (χ2n) is 26.6. The number of carboxylic acids is 1. The van der Waals surface area contributed by atoms with Crippen molar-refractivity contribution in [3.8, 4) is 22.3 Å². The van der Waals surface area contributed by atoms with Crippen LogP contribution >= 0.6 is 0 Å². The van der Waals surface area contributed by atoms with Crippen LogP contribution in [0, 0.1) is 76.6 Å². The number of halogens is 16. The average Bonchev–Trinajstić information content (AvgIpc) is 0.753. The SMILES string of the molecule is CCN(C)CCc1cn(C(CC(C)C)C(=O)N[C@@H](CC(=O)O)c2c(F)c(-c3c(C)ccc(C)c3C)cc(C(F)(F)F)c2F)c(=O)cc1C(F)(F)F.CCOC(=O)C[C@H](NC(=O)C(CC(C)C)n1cc(CCN(C)CC)c(C(F)(F)F)cc1=O)c1c(F)c(-c2c(C)ccc(C)c2C)cc(C(F)(F)F)c1F. The Kier molecular flexibility index (Phi) is 29.0. The third kappa shape index (κ3) is 21.1. The molecule has 0 aliphatic rings. The van der Waals surface area contributed by atoms with Crippen molar-refractivity contribution in [2.75, 3.05) is 46.9 Å². The van der Waals surface area contributed by atoms with Crippen LogP contribution in [0.4, 0.5) is 70.2 Å². The van der Waals surface area contributed by atoms with E-state index in [0.29, 0.717) is 70.7 Å². The average molecular weight is 1490 g/mol. The summed E-state index contributed by atoms with van der Waals surface area (Å²) in [6.07, 6.45) is -21.8. The molecule has 0 fully saturated rings. The number of benzene rings is 4. The molecule has 2 heterocycles. The van der Waals surface area contributed by atoms with Crippen LogP contribution in [0.3, 0.4) is 0 Å². The van der Waals surface area contributed by atoms with Gasteiger partial charge in [0.1, 0.15) is 35.4 Å². The van der Waals surface area contributed by atoms with Gasteiger partial charge in [-0.1, -0.05) is 65.8 Å². The van der Waals surface area contributed by atoms with E-state index in [1.165, 1.54) is 33.8 Å². The first-order chi connectivity index (χ1) is 48.0. The van der Waals surface area contributed by atoms with Crippen LogP contribution in [-0.4, -0.2) is 94.7 Å². The summed E-state index contributed by atoms with van der Waals surface area (Å²) < 4.78 is 242. The molecule has 14 nitrogen and oxygen atoms in total. The Morgan fingerprint density at radius 2 is 0.827 bits per heavy atom. The third-order valence-corrected chi connectivity index (χ3v) is 18.1. The minimum atomic E-state index is -5.37. The number of amides is 2. The maximum absolute atomic E-state index is 16.7. The fourth-order valence-electron chi connectivity index (χ4n) is 12.1. The predicted octanol–water partition coefficient (Wildman–Crippen LogP) is 16.8. The second kappa shape index (κ2) is 35.0. The fourth-order valence-corrected chi connectivity index (χ4v) is 12.1. The van der Waals surface area contributed by atoms with E-state index >= 15 is 17.6 Å². The molecule has 0 aliphatic heterocycles. The van der Waals surface area contributed by atoms with Gasteiger partial charge in [0.05, 0.1) is 53.8 Å². The van der Waals surface area contributed by atoms with Crippen molar-refractivity contribution in [1.82, 2.24) is 29.6 Å². The summed E-state index contributed by atoms with van der Waals surface area (Å²) in [6.45, 7) is 22.0. The summed E-state index contributed by atoms with van der Waals surface area (Å²) in [7, 11) is 3.35. The number of nitrogens with zero attached hydrogens (tertiary/aromatic N) is 4. The highest BCUT2D eigenvalue weighted by atomic mass is 19.4. The number of esters is 1. The summed E-state index contributed by atoms with van der Waals surface area (Å²) in [5.41, 5.74) is -10.5. The number of carbonyl (C=O) groups is 4. The van der Waals surface area contributed by atoms with Gasteiger partial charge in [-0.2, -0.15) is 52.7 Å². The lowest BCUT2D eigenvalue weighted by molar-refractivity contribution is -0.144. The van der Waals surface area contributed by atoms with Crippen LogP contribution in [0.15, 0.2) is 70.5 Å². The van der Waals surface area contributed by atoms with Crippen LogP contribution in [0.25, 0.3) is 22.3 Å². The zero-order valence-electron chi connectivity index (χ0n) is 60.2. The molecule has 4 aromatic carbocycles. The molecule has 572 valence electrons. The summed E-state index contributed by atoms with van der Waals surface area (Å²) in [6, 6.07) is 0.155. The first-order valence-electron chi connectivity index (χ1n) is 33.3. The number of aromatic nitrogens is 2. The van der Waals surface area contributed by atoms with E-state index in [1.54, 1.807) is 104 Å². The van der Waals surface area contributed by atoms with Gasteiger partial charge in [-0.05, 0) is 181 Å². The van der Waals surface area contributed by atoms with Crippen LogP contribution in [0.1, 0.15) is 176 Å². The van der Waals surface area contributed by atoms with Gasteiger partial charge < -0.3 is 39.4 Å². The number of carbonyl (C=O) groups excluding carboxylic acids is 3. The van der Waals surface area contributed by atoms with Crippen molar-refractivity contribution in [2.24, 2.45) is 11.8 Å². The number of hydrogen-bond acceptors (Lipinski definition) is 9. The summed E-state index contributed by atoms with van der Waals surface area (Å²) in [5.74, 6) is -13.3. The fraction of sp³-hybridized carbons (Fsp3) is 0.486. The number of likely N-dealkylation sites (N-methyl/N-ethyl adjacent to an activating group) is 2. The molecule has 3 N–H and O–H groups in total. The number of pyridine rings is 2. The first kappa shape index (κ1) is 86.1. The molecule has 0 saturated heterocycles. The molecule has 0 saturated carbocycles. The van der Waals surface area contributed by atoms with Crippen molar-refractivity contribution >= 4 is 23.8 Å². The van der Waals surface area contributed by atoms with Crippen molar-refractivity contribution in [2.45, 2.75) is 177 Å². The van der Waals surface area contributed by atoms with Crippen LogP contribution in [-0.2, 0) is 61.5 Å². The summed E-state index contributed by atoms with van der Waals surface area (Å²) >= 11 is 0. The normalized spacial score (nSPS) is 13.5. The van der Waals surface area contributed by atoms with E-state index in [9.17, 15) is 86.6 Å². The maximum Gasteiger partial charge on any atom is 0.419 e. The third-order valence-electron chi connectivity index (χ3n) is 18.1. The molecule has 2 amide bonds. The second-order valence-corrected chi connectivity index (χ2v) is 26.6. The van der Waals surface area contributed by atoms with Crippen molar-refractivity contribution in [3.05, 3.63) is 183 Å². The van der Waals surface area contributed by atoms with Crippen LogP contribution in [0.5, 0.6) is 0 Å². The molecular formula is C74H86F16N6O8. The van der Waals surface area contributed by atoms with Gasteiger partial charge in [0, 0.05) is 59.9 Å². The van der Waals surface area contributed by atoms with Gasteiger partial charge in [0.25, 0.3) is 11.1 Å². The van der Waals surface area contributed by atoms with E-state index in [1.807, 2.05) is 0 Å². The van der Waals surface area contributed by atoms with E-state index in [4.69, 9.17) is 4.74 Å². The van der Waals surface area contributed by atoms with E-state index in [-0.39, 0.29) is 73.6 Å². The number of aliphatic carboxylic acids is 1. The molecular weight excluding hydrogens is 1400 g/mol. The van der Waals surface area contributed by atoms with Gasteiger partial charge >= 0.3 is 36.6 Å². The smallest absolute Gasteiger partial charge is 0.419 e. The zero-order valence-corrected chi connectivity index (χ0v) is 60.2. The Bertz CT molecular complexity index is 4230. The molecule has 4 atom stereocenters. The molecule has 6 aromatic rings. The molecule has 0 aliphatic carbocycles. The predicted molar refractivity (Wildman–Crippen MR) is 359 cm³/mol. The number of nitrogens with one attached hydrogen (secondary N) is 2. The molecule has 0 spiro atoms. The van der Waals surface area contributed by atoms with E-state index < -0.39 is 170 Å². The van der Waals surface area contributed by atoms with Gasteiger partial charge in [-0.3, -0.25) is 28.8 Å². The molecule has 0 bridgehead atoms. The quantitative estimate of drug-likeness (QED) is 0.0333. The number of ether oxygens (including phenoxy) is 1. The lowest BCUT2D eigenvalue weighted by atomic mass is 9.87. The highest BCUT2D eigenvalue weighted by Crippen LogP contribution is 2.45. The Balaban J connectivity index is 0.000000374. The molecule has 30 heteroatoms. The van der Waals surface area contributed by atoms with Gasteiger partial charge in [0.2, 0.25) is 11.8 Å². The number of aryl methyl sites for hydroxylation is 4. The minimum absolute atomic E-state index is 0.00916. The molecule has 2 aromatic heterocycles. The number of rotatable bonds is 27. The lowest BCUT2D eigenvalue weighted by Gasteiger charge is -2.28. The Hall–Kier alpha value is -8.54. The maximum atomic E-state index is 16.7. The van der Waals surface area contributed by atoms with Gasteiger partial charge in [-0.25, -0.2) is 17.6 Å². The highest BCUT2D eigenvalue weighted by molar-refractivity contribution is 5.84. The molecule has 0 radical (unpaired) electrons. The lowest BCUT2D eigenvalue weighted by Crippen LogP contribution is -2.41. The van der Waals surface area contributed by atoms with Gasteiger partial charge in [-0.15, -0.1) is 0 Å². The largest absolute Gasteiger partial charge is 0.481 e. The van der Waals surface area contributed by atoms with Crippen LogP contribution < -0.4 is 21.8 Å². The first-order valence-corrected chi connectivity index (χ1v) is 33.3.